The van der Waals surface area contributed by atoms with Crippen molar-refractivity contribution in [3.8, 4) is 0 Å². The molecule has 3 heteroatoms. The molecule has 1 unspecified atom stereocenters. The van der Waals surface area contributed by atoms with E-state index in [1.165, 1.54) is 0 Å². The smallest absolute Gasteiger partial charge is 0.246 e. The first-order chi connectivity index (χ1) is 6.56. The minimum atomic E-state index is -2.39. The fraction of sp³-hybridized carbons (Fsp3) is 0.455. The maximum absolute atomic E-state index is 12.5. The Morgan fingerprint density at radius 1 is 1.21 bits per heavy atom. The van der Waals surface area contributed by atoms with E-state index in [9.17, 15) is 8.78 Å². The molecule has 0 aliphatic rings. The highest BCUT2D eigenvalue weighted by molar-refractivity contribution is 5.32. The van der Waals surface area contributed by atoms with E-state index in [4.69, 9.17) is 5.73 Å². The summed E-state index contributed by atoms with van der Waals surface area (Å²) in [7, 11) is 0. The molecule has 0 radical (unpaired) electrons. The Hall–Kier alpha value is -0.960. The Labute approximate surface area is 82.9 Å². The molecule has 14 heavy (non-hydrogen) atoms. The minimum Gasteiger partial charge on any atom is -0.330 e. The predicted octanol–water partition coefficient (Wildman–Crippen LogP) is 2.61. The van der Waals surface area contributed by atoms with Crippen LogP contribution in [-0.2, 0) is 0 Å². The summed E-state index contributed by atoms with van der Waals surface area (Å²) in [6.45, 7) is 3.86. The first kappa shape index (κ1) is 11.1. The second kappa shape index (κ2) is 4.51. The van der Waals surface area contributed by atoms with Crippen molar-refractivity contribution >= 4 is 0 Å². The number of alkyl halides is 2. The normalized spacial score (nSPS) is 13.3. The van der Waals surface area contributed by atoms with Gasteiger partial charge < -0.3 is 5.73 Å². The molecule has 0 aliphatic carbocycles. The van der Waals surface area contributed by atoms with E-state index >= 15 is 0 Å². The Kier molecular flexibility index (Phi) is 3.58. The van der Waals surface area contributed by atoms with Gasteiger partial charge in [0.05, 0.1) is 5.92 Å². The maximum atomic E-state index is 12.5. The molecule has 78 valence electrons. The zero-order chi connectivity index (χ0) is 10.7. The van der Waals surface area contributed by atoms with E-state index in [1.807, 2.05) is 19.9 Å². The molecule has 0 heterocycles. The lowest BCUT2D eigenvalue weighted by molar-refractivity contribution is 0.117. The third kappa shape index (κ3) is 2.29. The number of nitrogens with two attached hydrogens (primary N) is 1. The summed E-state index contributed by atoms with van der Waals surface area (Å²) in [5.74, 6) is -0.839. The fourth-order valence-electron chi connectivity index (χ4n) is 1.38. The van der Waals surface area contributed by atoms with E-state index in [0.29, 0.717) is 5.56 Å². The summed E-state index contributed by atoms with van der Waals surface area (Å²) >= 11 is 0. The van der Waals surface area contributed by atoms with Crippen molar-refractivity contribution in [2.24, 2.45) is 5.73 Å². The summed E-state index contributed by atoms with van der Waals surface area (Å²) in [6.07, 6.45) is -2.39. The highest BCUT2D eigenvalue weighted by Crippen LogP contribution is 2.23. The van der Waals surface area contributed by atoms with E-state index in [0.717, 1.165) is 11.1 Å². The van der Waals surface area contributed by atoms with E-state index < -0.39 is 12.3 Å². The Balaban J connectivity index is 3.00. The van der Waals surface area contributed by atoms with Crippen LogP contribution in [0.5, 0.6) is 0 Å². The summed E-state index contributed by atoms with van der Waals surface area (Å²) in [5.41, 5.74) is 8.08. The zero-order valence-corrected chi connectivity index (χ0v) is 8.43. The van der Waals surface area contributed by atoms with Gasteiger partial charge in [-0.1, -0.05) is 18.2 Å². The van der Waals surface area contributed by atoms with Crippen molar-refractivity contribution in [1.82, 2.24) is 0 Å². The first-order valence-electron chi connectivity index (χ1n) is 4.61. The first-order valence-corrected chi connectivity index (χ1v) is 4.61. The van der Waals surface area contributed by atoms with Crippen LogP contribution in [0.25, 0.3) is 0 Å². The number of hydrogen-bond donors (Lipinski definition) is 1. The lowest BCUT2D eigenvalue weighted by Gasteiger charge is -2.15. The molecule has 0 aliphatic heterocycles. The monoisotopic (exact) mass is 199 g/mol. The van der Waals surface area contributed by atoms with Crippen LogP contribution >= 0.6 is 0 Å². The predicted molar refractivity (Wildman–Crippen MR) is 53.7 cm³/mol. The fourth-order valence-corrected chi connectivity index (χ4v) is 1.38. The molecule has 1 rings (SSSR count). The van der Waals surface area contributed by atoms with Crippen molar-refractivity contribution in [2.75, 3.05) is 6.54 Å². The van der Waals surface area contributed by atoms with E-state index in [1.54, 1.807) is 12.1 Å². The van der Waals surface area contributed by atoms with Crippen LogP contribution in [0.15, 0.2) is 18.2 Å². The second-order valence-electron chi connectivity index (χ2n) is 3.52. The van der Waals surface area contributed by atoms with Gasteiger partial charge in [-0.05, 0) is 30.5 Å². The molecule has 2 N–H and O–H groups in total. The van der Waals surface area contributed by atoms with Crippen LogP contribution in [0.2, 0.25) is 0 Å². The van der Waals surface area contributed by atoms with Crippen LogP contribution in [-0.4, -0.2) is 13.0 Å². The molecule has 1 nitrogen and oxygen atoms in total. The average Bonchev–Trinajstić information content (AvgIpc) is 2.11. The van der Waals surface area contributed by atoms with Crippen LogP contribution in [0.3, 0.4) is 0 Å². The molecule has 0 saturated heterocycles. The van der Waals surface area contributed by atoms with Crippen molar-refractivity contribution in [1.29, 1.82) is 0 Å². The highest BCUT2D eigenvalue weighted by atomic mass is 19.3. The Morgan fingerprint density at radius 2 is 1.86 bits per heavy atom. The lowest BCUT2D eigenvalue weighted by atomic mass is 9.96. The maximum Gasteiger partial charge on any atom is 0.246 e. The van der Waals surface area contributed by atoms with Crippen molar-refractivity contribution in [3.63, 3.8) is 0 Å². The lowest BCUT2D eigenvalue weighted by Crippen LogP contribution is -2.19. The number of rotatable bonds is 3. The van der Waals surface area contributed by atoms with Crippen molar-refractivity contribution in [2.45, 2.75) is 26.2 Å². The summed E-state index contributed by atoms with van der Waals surface area (Å²) in [6, 6.07) is 5.38. The molecule has 0 saturated carbocycles. The quantitative estimate of drug-likeness (QED) is 0.795. The summed E-state index contributed by atoms with van der Waals surface area (Å²) in [5, 5.41) is 0. The topological polar surface area (TPSA) is 26.0 Å². The van der Waals surface area contributed by atoms with Gasteiger partial charge in [-0.3, -0.25) is 0 Å². The van der Waals surface area contributed by atoms with Gasteiger partial charge in [0.25, 0.3) is 0 Å². The zero-order valence-electron chi connectivity index (χ0n) is 8.43. The SMILES string of the molecule is Cc1ccc(C(CN)C(F)F)cc1C. The van der Waals surface area contributed by atoms with E-state index in [2.05, 4.69) is 0 Å². The van der Waals surface area contributed by atoms with Crippen LogP contribution in [0, 0.1) is 13.8 Å². The molecule has 1 aromatic rings. The Bertz CT molecular complexity index is 310. The van der Waals surface area contributed by atoms with Crippen LogP contribution < -0.4 is 5.73 Å². The van der Waals surface area contributed by atoms with Crippen molar-refractivity contribution in [3.05, 3.63) is 34.9 Å². The van der Waals surface area contributed by atoms with Gasteiger partial charge in [-0.2, -0.15) is 0 Å². The molecule has 0 aromatic heterocycles. The number of aryl methyl sites for hydroxylation is 2. The standard InChI is InChI=1S/C11H15F2N/c1-7-3-4-9(5-8(7)2)10(6-14)11(12)13/h3-5,10-11H,6,14H2,1-2H3. The molecule has 0 bridgehead atoms. The Morgan fingerprint density at radius 3 is 2.29 bits per heavy atom. The van der Waals surface area contributed by atoms with Gasteiger partial charge in [0.15, 0.2) is 0 Å². The van der Waals surface area contributed by atoms with Gasteiger partial charge in [0, 0.05) is 6.54 Å². The number of hydrogen-bond acceptors (Lipinski definition) is 1. The third-order valence-electron chi connectivity index (χ3n) is 2.52. The summed E-state index contributed by atoms with van der Waals surface area (Å²) < 4.78 is 25.1. The van der Waals surface area contributed by atoms with Gasteiger partial charge in [-0.15, -0.1) is 0 Å². The number of benzene rings is 1. The highest BCUT2D eigenvalue weighted by Gasteiger charge is 2.20. The molecule has 0 fully saturated rings. The van der Waals surface area contributed by atoms with Gasteiger partial charge >= 0.3 is 0 Å². The third-order valence-corrected chi connectivity index (χ3v) is 2.52. The molecular weight excluding hydrogens is 184 g/mol. The van der Waals surface area contributed by atoms with Gasteiger partial charge in [0.1, 0.15) is 0 Å². The van der Waals surface area contributed by atoms with Crippen LogP contribution in [0.4, 0.5) is 8.78 Å². The van der Waals surface area contributed by atoms with Crippen molar-refractivity contribution < 1.29 is 8.78 Å². The minimum absolute atomic E-state index is 0.0137. The molecular formula is C11H15F2N. The molecule has 1 atom stereocenters. The second-order valence-corrected chi connectivity index (χ2v) is 3.52. The van der Waals surface area contributed by atoms with Gasteiger partial charge in [-0.25, -0.2) is 8.78 Å². The molecule has 0 amide bonds. The van der Waals surface area contributed by atoms with E-state index in [-0.39, 0.29) is 6.54 Å². The average molecular weight is 199 g/mol. The molecule has 1 aromatic carbocycles. The van der Waals surface area contributed by atoms with Gasteiger partial charge in [0.2, 0.25) is 6.43 Å². The van der Waals surface area contributed by atoms with Crippen LogP contribution in [0.1, 0.15) is 22.6 Å². The number of halogens is 2. The summed E-state index contributed by atoms with van der Waals surface area (Å²) in [4.78, 5) is 0. The molecule has 0 spiro atoms. The largest absolute Gasteiger partial charge is 0.330 e.